The largest absolute Gasteiger partial charge is 0.444 e. The van der Waals surface area contributed by atoms with E-state index in [1.54, 1.807) is 0 Å². The van der Waals surface area contributed by atoms with Crippen molar-refractivity contribution < 1.29 is 9.53 Å². The van der Waals surface area contributed by atoms with Crippen molar-refractivity contribution in [2.24, 2.45) is 0 Å². The predicted molar refractivity (Wildman–Crippen MR) is 90.8 cm³/mol. The zero-order valence-corrected chi connectivity index (χ0v) is 15.0. The van der Waals surface area contributed by atoms with Crippen molar-refractivity contribution in [3.05, 3.63) is 17.6 Å². The van der Waals surface area contributed by atoms with Crippen LogP contribution in [-0.4, -0.2) is 40.8 Å². The number of hydrogen-bond acceptors (Lipinski definition) is 5. The van der Waals surface area contributed by atoms with Crippen LogP contribution in [0.4, 0.5) is 10.6 Å². The molecule has 0 bridgehead atoms. The highest BCUT2D eigenvalue weighted by Gasteiger charge is 2.27. The SMILES string of the molecule is Cc1cc(N2CCC(NC(=O)OC(C)(C)C)C2)nc(C(C)C)n1. The van der Waals surface area contributed by atoms with Crippen LogP contribution in [0.25, 0.3) is 0 Å². The van der Waals surface area contributed by atoms with Crippen molar-refractivity contribution in [2.45, 2.75) is 65.5 Å². The molecule has 0 aliphatic carbocycles. The molecule has 1 amide bonds. The molecule has 23 heavy (non-hydrogen) atoms. The third kappa shape index (κ3) is 5.08. The van der Waals surface area contributed by atoms with Gasteiger partial charge in [-0.25, -0.2) is 14.8 Å². The van der Waals surface area contributed by atoms with Gasteiger partial charge in [-0.1, -0.05) is 13.8 Å². The molecule has 128 valence electrons. The molecule has 0 radical (unpaired) electrons. The first-order valence-electron chi connectivity index (χ1n) is 8.24. The highest BCUT2D eigenvalue weighted by Crippen LogP contribution is 2.21. The molecule has 1 aromatic rings. The number of ether oxygens (including phenoxy) is 1. The summed E-state index contributed by atoms with van der Waals surface area (Å²) in [7, 11) is 0. The second-order valence-electron chi connectivity index (χ2n) is 7.46. The topological polar surface area (TPSA) is 67.4 Å². The summed E-state index contributed by atoms with van der Waals surface area (Å²) in [5.41, 5.74) is 0.500. The zero-order valence-electron chi connectivity index (χ0n) is 15.0. The van der Waals surface area contributed by atoms with Crippen LogP contribution in [0.5, 0.6) is 0 Å². The van der Waals surface area contributed by atoms with Crippen molar-refractivity contribution in [1.29, 1.82) is 0 Å². The average Bonchev–Trinajstić information content (AvgIpc) is 2.84. The van der Waals surface area contributed by atoms with Crippen LogP contribution in [0.15, 0.2) is 6.07 Å². The van der Waals surface area contributed by atoms with Gasteiger partial charge in [0.05, 0.1) is 6.04 Å². The minimum atomic E-state index is -0.474. The Morgan fingerprint density at radius 1 is 1.39 bits per heavy atom. The molecule has 1 fully saturated rings. The van der Waals surface area contributed by atoms with E-state index in [0.29, 0.717) is 5.92 Å². The molecular formula is C17H28N4O2. The van der Waals surface area contributed by atoms with Crippen LogP contribution in [0.3, 0.4) is 0 Å². The van der Waals surface area contributed by atoms with Gasteiger partial charge < -0.3 is 15.0 Å². The molecule has 0 spiro atoms. The minimum Gasteiger partial charge on any atom is -0.444 e. The van der Waals surface area contributed by atoms with E-state index in [1.165, 1.54) is 0 Å². The van der Waals surface area contributed by atoms with E-state index in [-0.39, 0.29) is 12.1 Å². The summed E-state index contributed by atoms with van der Waals surface area (Å²) in [6.45, 7) is 13.4. The lowest BCUT2D eigenvalue weighted by Gasteiger charge is -2.22. The van der Waals surface area contributed by atoms with Gasteiger partial charge in [0.1, 0.15) is 17.2 Å². The number of aryl methyl sites for hydroxylation is 1. The summed E-state index contributed by atoms with van der Waals surface area (Å²) in [6, 6.07) is 2.09. The number of alkyl carbamates (subject to hydrolysis) is 1. The van der Waals surface area contributed by atoms with Crippen LogP contribution in [0.1, 0.15) is 58.5 Å². The first-order chi connectivity index (χ1) is 10.6. The molecule has 1 aromatic heterocycles. The first-order valence-corrected chi connectivity index (χ1v) is 8.24. The molecule has 1 saturated heterocycles. The first kappa shape index (κ1) is 17.5. The lowest BCUT2D eigenvalue weighted by molar-refractivity contribution is 0.0509. The van der Waals surface area contributed by atoms with Gasteiger partial charge in [0.25, 0.3) is 0 Å². The molecule has 1 aliphatic rings. The fourth-order valence-corrected chi connectivity index (χ4v) is 2.56. The van der Waals surface area contributed by atoms with Crippen LogP contribution in [0, 0.1) is 6.92 Å². The van der Waals surface area contributed by atoms with Gasteiger partial charge in [-0.05, 0) is 34.1 Å². The van der Waals surface area contributed by atoms with Crippen molar-refractivity contribution in [1.82, 2.24) is 15.3 Å². The molecule has 1 atom stereocenters. The number of carbonyl (C=O) groups is 1. The van der Waals surface area contributed by atoms with Crippen molar-refractivity contribution in [2.75, 3.05) is 18.0 Å². The molecular weight excluding hydrogens is 292 g/mol. The van der Waals surface area contributed by atoms with E-state index in [2.05, 4.69) is 34.0 Å². The predicted octanol–water partition coefficient (Wildman–Crippen LogP) is 3.01. The highest BCUT2D eigenvalue weighted by atomic mass is 16.6. The zero-order chi connectivity index (χ0) is 17.2. The minimum absolute atomic E-state index is 0.0858. The van der Waals surface area contributed by atoms with Gasteiger partial charge in [-0.3, -0.25) is 0 Å². The Hall–Kier alpha value is -1.85. The summed E-state index contributed by atoms with van der Waals surface area (Å²) in [5, 5.41) is 2.94. The Morgan fingerprint density at radius 3 is 2.70 bits per heavy atom. The lowest BCUT2D eigenvalue weighted by Crippen LogP contribution is -2.40. The average molecular weight is 320 g/mol. The molecule has 0 aromatic carbocycles. The lowest BCUT2D eigenvalue weighted by atomic mass is 10.2. The summed E-state index contributed by atoms with van der Waals surface area (Å²) < 4.78 is 5.32. The van der Waals surface area contributed by atoms with Crippen molar-refractivity contribution in [3.8, 4) is 0 Å². The van der Waals surface area contributed by atoms with E-state index in [0.717, 1.165) is 36.8 Å². The molecule has 2 heterocycles. The molecule has 2 rings (SSSR count). The number of amides is 1. The number of aromatic nitrogens is 2. The third-order valence-corrected chi connectivity index (χ3v) is 3.61. The third-order valence-electron chi connectivity index (χ3n) is 3.61. The molecule has 0 saturated carbocycles. The van der Waals surface area contributed by atoms with Crippen LogP contribution in [0.2, 0.25) is 0 Å². The normalized spacial score (nSPS) is 18.4. The summed E-state index contributed by atoms with van der Waals surface area (Å²) in [4.78, 5) is 23.2. The number of nitrogens with one attached hydrogen (secondary N) is 1. The fraction of sp³-hybridized carbons (Fsp3) is 0.706. The number of nitrogens with zero attached hydrogens (tertiary/aromatic N) is 3. The van der Waals surface area contributed by atoms with Gasteiger partial charge in [-0.15, -0.1) is 0 Å². The van der Waals surface area contributed by atoms with Crippen molar-refractivity contribution in [3.63, 3.8) is 0 Å². The van der Waals surface area contributed by atoms with E-state index < -0.39 is 5.60 Å². The monoisotopic (exact) mass is 320 g/mol. The van der Waals surface area contributed by atoms with Gasteiger partial charge in [0.15, 0.2) is 0 Å². The van der Waals surface area contributed by atoms with Gasteiger partial charge >= 0.3 is 6.09 Å². The Kier molecular flexibility index (Phi) is 5.12. The number of hydrogen-bond donors (Lipinski definition) is 1. The van der Waals surface area contributed by atoms with Gasteiger partial charge in [0, 0.05) is 30.8 Å². The fourth-order valence-electron chi connectivity index (χ4n) is 2.56. The summed E-state index contributed by atoms with van der Waals surface area (Å²) in [5.74, 6) is 2.10. The molecule has 1 aliphatic heterocycles. The van der Waals surface area contributed by atoms with E-state index in [1.807, 2.05) is 33.8 Å². The number of carbonyl (C=O) groups excluding carboxylic acids is 1. The Morgan fingerprint density at radius 2 is 2.09 bits per heavy atom. The van der Waals surface area contributed by atoms with Crippen LogP contribution < -0.4 is 10.2 Å². The second-order valence-corrected chi connectivity index (χ2v) is 7.46. The Bertz CT molecular complexity index is 566. The Labute approximate surface area is 138 Å². The van der Waals surface area contributed by atoms with Gasteiger partial charge in [-0.2, -0.15) is 0 Å². The standard InChI is InChI=1S/C17H28N4O2/c1-11(2)15-18-12(3)9-14(20-15)21-8-7-13(10-21)19-16(22)23-17(4,5)6/h9,11,13H,7-8,10H2,1-6H3,(H,19,22). The van der Waals surface area contributed by atoms with E-state index >= 15 is 0 Å². The van der Waals surface area contributed by atoms with E-state index in [4.69, 9.17) is 4.74 Å². The molecule has 1 N–H and O–H groups in total. The molecule has 1 unspecified atom stereocenters. The Balaban J connectivity index is 1.99. The molecule has 6 nitrogen and oxygen atoms in total. The highest BCUT2D eigenvalue weighted by molar-refractivity contribution is 5.68. The maximum atomic E-state index is 11.9. The number of rotatable bonds is 3. The maximum absolute atomic E-state index is 11.9. The smallest absolute Gasteiger partial charge is 0.407 e. The van der Waals surface area contributed by atoms with Crippen LogP contribution in [-0.2, 0) is 4.74 Å². The van der Waals surface area contributed by atoms with Gasteiger partial charge in [0.2, 0.25) is 0 Å². The van der Waals surface area contributed by atoms with Crippen molar-refractivity contribution >= 4 is 11.9 Å². The van der Waals surface area contributed by atoms with Crippen LogP contribution >= 0.6 is 0 Å². The summed E-state index contributed by atoms with van der Waals surface area (Å²) >= 11 is 0. The second kappa shape index (κ2) is 6.72. The van der Waals surface area contributed by atoms with E-state index in [9.17, 15) is 4.79 Å². The molecule has 6 heteroatoms. The maximum Gasteiger partial charge on any atom is 0.407 e. The number of anilines is 1. The quantitative estimate of drug-likeness (QED) is 0.927. The summed E-state index contributed by atoms with van der Waals surface area (Å²) in [6.07, 6.45) is 0.533.